The third-order valence-corrected chi connectivity index (χ3v) is 2.00. The molecule has 0 aliphatic rings. The minimum absolute atomic E-state index is 0.474. The summed E-state index contributed by atoms with van der Waals surface area (Å²) in [6, 6.07) is 0. The van der Waals surface area contributed by atoms with E-state index in [0.717, 1.165) is 30.9 Å². The van der Waals surface area contributed by atoms with Crippen LogP contribution < -0.4 is 5.73 Å². The number of hydrogen-bond donors (Lipinski definition) is 2. The molecule has 1 aromatic rings. The van der Waals surface area contributed by atoms with E-state index in [1.807, 2.05) is 0 Å². The summed E-state index contributed by atoms with van der Waals surface area (Å²) in [4.78, 5) is 4.37. The largest absolute Gasteiger partial charge is 0.330 e. The fraction of sp³-hybridized carbons (Fsp3) is 0.778. The lowest BCUT2D eigenvalue weighted by molar-refractivity contribution is 0.574. The molecule has 0 radical (unpaired) electrons. The van der Waals surface area contributed by atoms with Crippen LogP contribution in [0, 0.1) is 5.92 Å². The van der Waals surface area contributed by atoms with Crippen LogP contribution in [0.25, 0.3) is 0 Å². The van der Waals surface area contributed by atoms with Crippen molar-refractivity contribution in [1.29, 1.82) is 0 Å². The Morgan fingerprint density at radius 1 is 1.54 bits per heavy atom. The summed E-state index contributed by atoms with van der Waals surface area (Å²) in [5.74, 6) is 2.35. The smallest absolute Gasteiger partial charge is 0.150 e. The first-order chi connectivity index (χ1) is 6.26. The molecule has 0 amide bonds. The van der Waals surface area contributed by atoms with Gasteiger partial charge in [0.1, 0.15) is 5.82 Å². The highest BCUT2D eigenvalue weighted by Gasteiger charge is 2.05. The summed E-state index contributed by atoms with van der Waals surface area (Å²) in [5.41, 5.74) is 5.52. The predicted molar refractivity (Wildman–Crippen MR) is 52.3 cm³/mol. The first kappa shape index (κ1) is 10.2. The number of nitrogens with zero attached hydrogens (tertiary/aromatic N) is 2. The Labute approximate surface area is 78.9 Å². The van der Waals surface area contributed by atoms with Crippen molar-refractivity contribution in [3.8, 4) is 0 Å². The molecule has 0 spiro atoms. The van der Waals surface area contributed by atoms with Gasteiger partial charge in [0.05, 0.1) is 0 Å². The normalized spacial score (nSPS) is 13.2. The van der Waals surface area contributed by atoms with Gasteiger partial charge >= 0.3 is 0 Å². The van der Waals surface area contributed by atoms with E-state index in [1.165, 1.54) is 0 Å². The molecule has 0 aliphatic carbocycles. The SMILES string of the molecule is CCCc1n[nH]c(CC(C)CN)n1. The van der Waals surface area contributed by atoms with Crippen molar-refractivity contribution in [1.82, 2.24) is 15.2 Å². The lowest BCUT2D eigenvalue weighted by Crippen LogP contribution is -2.13. The second kappa shape index (κ2) is 4.97. The van der Waals surface area contributed by atoms with Gasteiger partial charge in [-0.05, 0) is 18.9 Å². The fourth-order valence-electron chi connectivity index (χ4n) is 1.17. The van der Waals surface area contributed by atoms with E-state index in [2.05, 4.69) is 29.0 Å². The van der Waals surface area contributed by atoms with Crippen molar-refractivity contribution in [2.75, 3.05) is 6.54 Å². The minimum Gasteiger partial charge on any atom is -0.330 e. The van der Waals surface area contributed by atoms with Gasteiger partial charge in [0.2, 0.25) is 0 Å². The summed E-state index contributed by atoms with van der Waals surface area (Å²) >= 11 is 0. The van der Waals surface area contributed by atoms with Gasteiger partial charge in [-0.25, -0.2) is 4.98 Å². The Kier molecular flexibility index (Phi) is 3.89. The van der Waals surface area contributed by atoms with E-state index in [9.17, 15) is 0 Å². The van der Waals surface area contributed by atoms with Crippen LogP contribution in [0.5, 0.6) is 0 Å². The van der Waals surface area contributed by atoms with Crippen LogP contribution >= 0.6 is 0 Å². The maximum Gasteiger partial charge on any atom is 0.150 e. The number of aromatic amines is 1. The van der Waals surface area contributed by atoms with E-state index in [1.54, 1.807) is 0 Å². The second-order valence-electron chi connectivity index (χ2n) is 3.49. The van der Waals surface area contributed by atoms with Crippen LogP contribution in [0.2, 0.25) is 0 Å². The number of rotatable bonds is 5. The minimum atomic E-state index is 0.474. The standard InChI is InChI=1S/C9H18N4/c1-3-4-8-11-9(13-12-8)5-7(2)6-10/h7H,3-6,10H2,1-2H3,(H,11,12,13). The molecule has 74 valence electrons. The summed E-state index contributed by atoms with van der Waals surface area (Å²) in [6.07, 6.45) is 2.93. The monoisotopic (exact) mass is 182 g/mol. The fourth-order valence-corrected chi connectivity index (χ4v) is 1.17. The molecule has 13 heavy (non-hydrogen) atoms. The molecule has 4 nitrogen and oxygen atoms in total. The molecule has 4 heteroatoms. The Hall–Kier alpha value is -0.900. The van der Waals surface area contributed by atoms with E-state index < -0.39 is 0 Å². The van der Waals surface area contributed by atoms with Gasteiger partial charge in [-0.3, -0.25) is 5.10 Å². The average Bonchev–Trinajstić information content (AvgIpc) is 2.53. The van der Waals surface area contributed by atoms with Crippen molar-refractivity contribution in [3.63, 3.8) is 0 Å². The Balaban J connectivity index is 2.48. The highest BCUT2D eigenvalue weighted by atomic mass is 15.2. The highest BCUT2D eigenvalue weighted by Crippen LogP contribution is 2.03. The van der Waals surface area contributed by atoms with Gasteiger partial charge in [0.15, 0.2) is 5.82 Å². The van der Waals surface area contributed by atoms with Crippen LogP contribution in [0.15, 0.2) is 0 Å². The van der Waals surface area contributed by atoms with Crippen molar-refractivity contribution in [2.24, 2.45) is 11.7 Å². The first-order valence-corrected chi connectivity index (χ1v) is 4.86. The first-order valence-electron chi connectivity index (χ1n) is 4.86. The Morgan fingerprint density at radius 3 is 2.92 bits per heavy atom. The topological polar surface area (TPSA) is 67.6 Å². The Morgan fingerprint density at radius 2 is 2.31 bits per heavy atom. The van der Waals surface area contributed by atoms with Gasteiger partial charge in [-0.1, -0.05) is 13.8 Å². The number of aromatic nitrogens is 3. The van der Waals surface area contributed by atoms with Crippen LogP contribution in [0.1, 0.15) is 31.9 Å². The summed E-state index contributed by atoms with van der Waals surface area (Å²) in [6.45, 7) is 4.93. The Bertz CT molecular complexity index is 244. The van der Waals surface area contributed by atoms with E-state index in [-0.39, 0.29) is 0 Å². The molecular weight excluding hydrogens is 164 g/mol. The molecule has 0 aliphatic heterocycles. The number of hydrogen-bond acceptors (Lipinski definition) is 3. The van der Waals surface area contributed by atoms with Crippen LogP contribution in [0.3, 0.4) is 0 Å². The number of aryl methyl sites for hydroxylation is 1. The lowest BCUT2D eigenvalue weighted by atomic mass is 10.1. The van der Waals surface area contributed by atoms with Crippen molar-refractivity contribution < 1.29 is 0 Å². The maximum absolute atomic E-state index is 5.52. The second-order valence-corrected chi connectivity index (χ2v) is 3.49. The maximum atomic E-state index is 5.52. The van der Waals surface area contributed by atoms with Crippen LogP contribution in [-0.4, -0.2) is 21.7 Å². The molecule has 1 aromatic heterocycles. The van der Waals surface area contributed by atoms with E-state index >= 15 is 0 Å². The number of nitrogens with one attached hydrogen (secondary N) is 1. The van der Waals surface area contributed by atoms with Crippen LogP contribution in [-0.2, 0) is 12.8 Å². The molecule has 1 unspecified atom stereocenters. The summed E-state index contributed by atoms with van der Waals surface area (Å²) in [5, 5.41) is 7.06. The predicted octanol–water partition coefficient (Wildman–Crippen LogP) is 0.894. The molecule has 0 saturated heterocycles. The van der Waals surface area contributed by atoms with Crippen molar-refractivity contribution in [3.05, 3.63) is 11.6 Å². The molecule has 0 saturated carbocycles. The highest BCUT2D eigenvalue weighted by molar-refractivity contribution is 4.91. The average molecular weight is 182 g/mol. The molecule has 0 fully saturated rings. The van der Waals surface area contributed by atoms with Crippen LogP contribution in [0.4, 0.5) is 0 Å². The van der Waals surface area contributed by atoms with E-state index in [4.69, 9.17) is 5.73 Å². The lowest BCUT2D eigenvalue weighted by Gasteiger charge is -2.03. The van der Waals surface area contributed by atoms with E-state index in [0.29, 0.717) is 12.5 Å². The van der Waals surface area contributed by atoms with Crippen molar-refractivity contribution >= 4 is 0 Å². The summed E-state index contributed by atoms with van der Waals surface area (Å²) in [7, 11) is 0. The molecular formula is C9H18N4. The zero-order valence-corrected chi connectivity index (χ0v) is 8.38. The zero-order chi connectivity index (χ0) is 9.68. The number of H-pyrrole nitrogens is 1. The third kappa shape index (κ3) is 3.14. The van der Waals surface area contributed by atoms with Gasteiger partial charge in [-0.15, -0.1) is 0 Å². The molecule has 0 aromatic carbocycles. The van der Waals surface area contributed by atoms with Gasteiger partial charge in [0, 0.05) is 12.8 Å². The van der Waals surface area contributed by atoms with Gasteiger partial charge < -0.3 is 5.73 Å². The van der Waals surface area contributed by atoms with Gasteiger partial charge in [-0.2, -0.15) is 5.10 Å². The zero-order valence-electron chi connectivity index (χ0n) is 8.38. The summed E-state index contributed by atoms with van der Waals surface area (Å²) < 4.78 is 0. The molecule has 1 rings (SSSR count). The molecule has 1 heterocycles. The molecule has 0 bridgehead atoms. The van der Waals surface area contributed by atoms with Crippen molar-refractivity contribution in [2.45, 2.75) is 33.1 Å². The number of nitrogens with two attached hydrogens (primary N) is 1. The van der Waals surface area contributed by atoms with Gasteiger partial charge in [0.25, 0.3) is 0 Å². The molecule has 1 atom stereocenters. The molecule has 3 N–H and O–H groups in total. The quantitative estimate of drug-likeness (QED) is 0.710. The third-order valence-electron chi connectivity index (χ3n) is 2.00.